The van der Waals surface area contributed by atoms with Gasteiger partial charge in [0.25, 0.3) is 0 Å². The molecule has 3 rings (SSSR count). The predicted molar refractivity (Wildman–Crippen MR) is 62.0 cm³/mol. The van der Waals surface area contributed by atoms with Crippen molar-refractivity contribution in [1.29, 1.82) is 0 Å². The second-order valence-corrected chi connectivity index (χ2v) is 4.29. The third-order valence-electron chi connectivity index (χ3n) is 3.39. The molecule has 2 aromatic rings. The lowest BCUT2D eigenvalue weighted by molar-refractivity contribution is 0.0697. The van der Waals surface area contributed by atoms with Crippen LogP contribution in [0.25, 0.3) is 11.4 Å². The summed E-state index contributed by atoms with van der Waals surface area (Å²) in [6.07, 6.45) is 7.05. The molecular weight excluding hydrogens is 218 g/mol. The summed E-state index contributed by atoms with van der Waals surface area (Å²) < 4.78 is 2.07. The topological polar surface area (TPSA) is 70.9 Å². The number of aromatic amines is 1. The fraction of sp³-hybridized carbons (Fsp3) is 0.333. The average Bonchev–Trinajstić information content (AvgIpc) is 2.93. The van der Waals surface area contributed by atoms with Gasteiger partial charge in [-0.3, -0.25) is 0 Å². The molecular formula is C12H13N3O2. The molecule has 0 fully saturated rings. The molecule has 0 aromatic carbocycles. The van der Waals surface area contributed by atoms with Crippen molar-refractivity contribution >= 4 is 5.97 Å². The summed E-state index contributed by atoms with van der Waals surface area (Å²) in [5, 5.41) is 9.16. The molecule has 3 heterocycles. The van der Waals surface area contributed by atoms with Crippen molar-refractivity contribution in [3.63, 3.8) is 0 Å². The molecule has 0 saturated carbocycles. The number of H-pyrrole nitrogens is 1. The van der Waals surface area contributed by atoms with Gasteiger partial charge in [-0.15, -0.1) is 0 Å². The standard InChI is InChI=1S/C12H13N3O2/c1-2-7-5-9-10(8(6-14-9)12(16)17)11-13-3-4-15(7)11/h3-4,6-7,14H,2,5H2,1H3,(H,16,17)/t7-/m1/s1. The third-order valence-corrected chi connectivity index (χ3v) is 3.39. The van der Waals surface area contributed by atoms with Crippen molar-refractivity contribution in [2.75, 3.05) is 0 Å². The Morgan fingerprint density at radius 2 is 2.53 bits per heavy atom. The lowest BCUT2D eigenvalue weighted by Crippen LogP contribution is -2.18. The van der Waals surface area contributed by atoms with E-state index in [9.17, 15) is 4.79 Å². The van der Waals surface area contributed by atoms with Gasteiger partial charge < -0.3 is 14.7 Å². The van der Waals surface area contributed by atoms with Crippen LogP contribution >= 0.6 is 0 Å². The number of aromatic carboxylic acids is 1. The summed E-state index contributed by atoms with van der Waals surface area (Å²) in [6, 6.07) is 0.361. The number of carboxylic acid groups (broad SMARTS) is 1. The summed E-state index contributed by atoms with van der Waals surface area (Å²) in [4.78, 5) is 18.5. The highest BCUT2D eigenvalue weighted by molar-refractivity contribution is 5.96. The average molecular weight is 231 g/mol. The smallest absolute Gasteiger partial charge is 0.337 e. The summed E-state index contributed by atoms with van der Waals surface area (Å²) in [7, 11) is 0. The first-order valence-electron chi connectivity index (χ1n) is 5.69. The van der Waals surface area contributed by atoms with Crippen LogP contribution in [-0.2, 0) is 6.42 Å². The quantitative estimate of drug-likeness (QED) is 0.831. The minimum Gasteiger partial charge on any atom is -0.478 e. The molecule has 0 aliphatic carbocycles. The maximum atomic E-state index is 11.2. The number of imidazole rings is 1. The largest absolute Gasteiger partial charge is 0.478 e. The van der Waals surface area contributed by atoms with Crippen molar-refractivity contribution < 1.29 is 9.90 Å². The van der Waals surface area contributed by atoms with E-state index in [-0.39, 0.29) is 0 Å². The summed E-state index contributed by atoms with van der Waals surface area (Å²) in [5.41, 5.74) is 2.03. The van der Waals surface area contributed by atoms with E-state index >= 15 is 0 Å². The van der Waals surface area contributed by atoms with Crippen LogP contribution in [-0.4, -0.2) is 25.6 Å². The van der Waals surface area contributed by atoms with Crippen LogP contribution in [0.3, 0.4) is 0 Å². The number of rotatable bonds is 2. The Morgan fingerprint density at radius 1 is 1.71 bits per heavy atom. The van der Waals surface area contributed by atoms with E-state index in [1.165, 1.54) is 0 Å². The second kappa shape index (κ2) is 3.48. The highest BCUT2D eigenvalue weighted by Gasteiger charge is 2.29. The van der Waals surface area contributed by atoms with Gasteiger partial charge in [0, 0.05) is 36.7 Å². The minimum atomic E-state index is -0.910. The Labute approximate surface area is 98.1 Å². The number of aromatic nitrogens is 3. The molecule has 0 radical (unpaired) electrons. The molecule has 0 saturated heterocycles. The van der Waals surface area contributed by atoms with E-state index in [0.29, 0.717) is 11.6 Å². The fourth-order valence-electron chi connectivity index (χ4n) is 2.53. The monoisotopic (exact) mass is 231 g/mol. The molecule has 0 spiro atoms. The Balaban J connectivity index is 2.23. The number of nitrogens with zero attached hydrogens (tertiary/aromatic N) is 2. The van der Waals surface area contributed by atoms with E-state index in [4.69, 9.17) is 5.11 Å². The zero-order valence-electron chi connectivity index (χ0n) is 9.47. The first-order valence-corrected chi connectivity index (χ1v) is 5.69. The van der Waals surface area contributed by atoms with Crippen molar-refractivity contribution in [2.45, 2.75) is 25.8 Å². The van der Waals surface area contributed by atoms with E-state index < -0.39 is 5.97 Å². The van der Waals surface area contributed by atoms with Gasteiger partial charge in [0.1, 0.15) is 5.82 Å². The van der Waals surface area contributed by atoms with Crippen molar-refractivity contribution in [2.24, 2.45) is 0 Å². The lowest BCUT2D eigenvalue weighted by Gasteiger charge is -2.24. The van der Waals surface area contributed by atoms with Gasteiger partial charge in [-0.05, 0) is 6.42 Å². The number of carboxylic acids is 1. The van der Waals surface area contributed by atoms with E-state index in [1.807, 2.05) is 6.20 Å². The molecule has 5 nitrogen and oxygen atoms in total. The lowest BCUT2D eigenvalue weighted by atomic mass is 9.98. The van der Waals surface area contributed by atoms with Crippen LogP contribution in [0.4, 0.5) is 0 Å². The normalized spacial score (nSPS) is 17.6. The van der Waals surface area contributed by atoms with Gasteiger partial charge in [0.15, 0.2) is 0 Å². The number of hydrogen-bond acceptors (Lipinski definition) is 2. The van der Waals surface area contributed by atoms with Crippen molar-refractivity contribution in [1.82, 2.24) is 14.5 Å². The molecule has 5 heteroatoms. The van der Waals surface area contributed by atoms with Gasteiger partial charge in [-0.1, -0.05) is 6.92 Å². The van der Waals surface area contributed by atoms with E-state index in [1.54, 1.807) is 12.4 Å². The van der Waals surface area contributed by atoms with Gasteiger partial charge >= 0.3 is 5.97 Å². The van der Waals surface area contributed by atoms with Crippen molar-refractivity contribution in [3.8, 4) is 11.4 Å². The Bertz CT molecular complexity index is 582. The fourth-order valence-corrected chi connectivity index (χ4v) is 2.53. The predicted octanol–water partition coefficient (Wildman–Crippen LogP) is 2.08. The van der Waals surface area contributed by atoms with Gasteiger partial charge in [-0.2, -0.15) is 0 Å². The molecule has 1 aliphatic rings. The Kier molecular flexibility index (Phi) is 2.07. The SMILES string of the molecule is CC[C@@H]1Cc2[nH]cc(C(=O)O)c2-c2nccn21. The second-order valence-electron chi connectivity index (χ2n) is 4.29. The van der Waals surface area contributed by atoms with Crippen LogP contribution < -0.4 is 0 Å². The van der Waals surface area contributed by atoms with Crippen LogP contribution in [0, 0.1) is 0 Å². The van der Waals surface area contributed by atoms with Crippen LogP contribution in [0.5, 0.6) is 0 Å². The number of fused-ring (bicyclic) bond motifs is 3. The summed E-state index contributed by atoms with van der Waals surface area (Å²) >= 11 is 0. The van der Waals surface area contributed by atoms with E-state index in [0.717, 1.165) is 29.9 Å². The molecule has 17 heavy (non-hydrogen) atoms. The third kappa shape index (κ3) is 1.32. The summed E-state index contributed by atoms with van der Waals surface area (Å²) in [6.45, 7) is 2.13. The first-order chi connectivity index (χ1) is 8.22. The highest BCUT2D eigenvalue weighted by atomic mass is 16.4. The molecule has 88 valence electrons. The summed E-state index contributed by atoms with van der Waals surface area (Å²) in [5.74, 6) is -0.149. The Morgan fingerprint density at radius 3 is 3.24 bits per heavy atom. The van der Waals surface area contributed by atoms with E-state index in [2.05, 4.69) is 21.5 Å². The Hall–Kier alpha value is -2.04. The van der Waals surface area contributed by atoms with Gasteiger partial charge in [0.05, 0.1) is 11.1 Å². The maximum absolute atomic E-state index is 11.2. The number of nitrogens with one attached hydrogen (secondary N) is 1. The maximum Gasteiger partial charge on any atom is 0.337 e. The zero-order chi connectivity index (χ0) is 12.0. The van der Waals surface area contributed by atoms with Crippen LogP contribution in [0.1, 0.15) is 35.4 Å². The molecule has 0 amide bonds. The molecule has 1 aliphatic heterocycles. The molecule has 0 unspecified atom stereocenters. The van der Waals surface area contributed by atoms with Crippen LogP contribution in [0.15, 0.2) is 18.6 Å². The molecule has 1 atom stereocenters. The molecule has 2 N–H and O–H groups in total. The first kappa shape index (κ1) is 10.1. The van der Waals surface area contributed by atoms with Crippen molar-refractivity contribution in [3.05, 3.63) is 29.8 Å². The number of carbonyl (C=O) groups is 1. The molecule has 2 aromatic heterocycles. The number of hydrogen-bond donors (Lipinski definition) is 2. The highest BCUT2D eigenvalue weighted by Crippen LogP contribution is 2.36. The zero-order valence-corrected chi connectivity index (χ0v) is 9.47. The van der Waals surface area contributed by atoms with Gasteiger partial charge in [0.2, 0.25) is 0 Å². The molecule has 0 bridgehead atoms. The van der Waals surface area contributed by atoms with Gasteiger partial charge in [-0.25, -0.2) is 9.78 Å². The van der Waals surface area contributed by atoms with Crippen LogP contribution in [0.2, 0.25) is 0 Å². The minimum absolute atomic E-state index is 0.307.